The first-order valence-electron chi connectivity index (χ1n) is 11.2. The maximum absolute atomic E-state index is 12.7. The number of nitrogens with one attached hydrogen (secondary N) is 2. The molecular formula is C24H33N3O5. The van der Waals surface area contributed by atoms with Gasteiger partial charge in [0.2, 0.25) is 0 Å². The zero-order chi connectivity index (χ0) is 22.9. The summed E-state index contributed by atoms with van der Waals surface area (Å²) in [5.74, 6) is 0.524. The minimum atomic E-state index is -0.519. The fourth-order valence-corrected chi connectivity index (χ4v) is 4.13. The van der Waals surface area contributed by atoms with Crippen molar-refractivity contribution in [3.05, 3.63) is 47.2 Å². The molecule has 1 amide bonds. The second-order valence-electron chi connectivity index (χ2n) is 8.34. The number of amides is 1. The van der Waals surface area contributed by atoms with E-state index >= 15 is 0 Å². The molecule has 1 aromatic rings. The Morgan fingerprint density at radius 3 is 2.72 bits per heavy atom. The molecule has 1 fully saturated rings. The van der Waals surface area contributed by atoms with Crippen LogP contribution in [0.2, 0.25) is 0 Å². The van der Waals surface area contributed by atoms with Crippen LogP contribution in [0.25, 0.3) is 0 Å². The lowest BCUT2D eigenvalue weighted by Crippen LogP contribution is -2.46. The molecule has 0 saturated carbocycles. The van der Waals surface area contributed by atoms with Crippen LogP contribution in [0.1, 0.15) is 43.2 Å². The number of hydroxylamine groups is 1. The van der Waals surface area contributed by atoms with Gasteiger partial charge in [-0.25, -0.2) is 5.48 Å². The summed E-state index contributed by atoms with van der Waals surface area (Å²) in [4.78, 5) is 33.9. The van der Waals surface area contributed by atoms with Crippen molar-refractivity contribution in [2.75, 3.05) is 20.3 Å². The molecule has 0 radical (unpaired) electrons. The Labute approximate surface area is 189 Å². The summed E-state index contributed by atoms with van der Waals surface area (Å²) in [7, 11) is 1.64. The number of rotatable bonds is 8. The van der Waals surface area contributed by atoms with Crippen molar-refractivity contribution in [2.45, 2.75) is 51.7 Å². The Hall–Kier alpha value is -2.71. The van der Waals surface area contributed by atoms with Crippen molar-refractivity contribution in [2.24, 2.45) is 16.8 Å². The molecule has 1 saturated heterocycles. The second-order valence-corrected chi connectivity index (χ2v) is 8.34. The first-order chi connectivity index (χ1) is 15.5. The van der Waals surface area contributed by atoms with Crippen LogP contribution < -0.4 is 10.8 Å². The number of nitrogens with zero attached hydrogens (tertiary/aromatic N) is 1. The quantitative estimate of drug-likeness (QED) is 0.420. The van der Waals surface area contributed by atoms with Gasteiger partial charge < -0.3 is 15.2 Å². The Kier molecular flexibility index (Phi) is 8.81. The van der Waals surface area contributed by atoms with E-state index < -0.39 is 12.1 Å². The maximum atomic E-state index is 12.7. The molecule has 8 nitrogen and oxygen atoms in total. The minimum absolute atomic E-state index is 0.0223. The predicted octanol–water partition coefficient (Wildman–Crippen LogP) is 2.20. The molecule has 1 aromatic carbocycles. The highest BCUT2D eigenvalue weighted by atomic mass is 16.7. The molecule has 1 heterocycles. The van der Waals surface area contributed by atoms with E-state index in [-0.39, 0.29) is 30.8 Å². The zero-order valence-electron chi connectivity index (χ0n) is 18.8. The summed E-state index contributed by atoms with van der Waals surface area (Å²) < 4.78 is 6.30. The molecule has 3 atom stereocenters. The standard InChI is InChI=1S/C24H33N3O5/c1-16-6-8-17(9-7-16)14-18-10-11-21(23(30)27-31-13-12-28)22(25-2)26-24(18)32-20-5-3-4-19(29)15-20/h6-9,15,18,21,24,28H,3-5,10-14H2,1-2H3,(H,25,26)(H,27,30). The molecule has 8 heteroatoms. The van der Waals surface area contributed by atoms with Gasteiger partial charge >= 0.3 is 0 Å². The molecule has 0 aromatic heterocycles. The number of benzene rings is 1. The molecule has 32 heavy (non-hydrogen) atoms. The molecule has 1 aliphatic carbocycles. The number of aliphatic imine (C=N–C) groups is 1. The van der Waals surface area contributed by atoms with Crippen LogP contribution in [0, 0.1) is 18.8 Å². The van der Waals surface area contributed by atoms with Gasteiger partial charge in [0.25, 0.3) is 5.91 Å². The van der Waals surface area contributed by atoms with Crippen molar-refractivity contribution in [1.82, 2.24) is 10.8 Å². The van der Waals surface area contributed by atoms with E-state index in [0.29, 0.717) is 24.4 Å². The summed E-state index contributed by atoms with van der Waals surface area (Å²) >= 11 is 0. The van der Waals surface area contributed by atoms with Crippen molar-refractivity contribution in [3.63, 3.8) is 0 Å². The Bertz CT molecular complexity index is 850. The van der Waals surface area contributed by atoms with Crippen LogP contribution in [0.5, 0.6) is 0 Å². The summed E-state index contributed by atoms with van der Waals surface area (Å²) in [5.41, 5.74) is 4.79. The Balaban J connectivity index is 1.80. The van der Waals surface area contributed by atoms with E-state index in [4.69, 9.17) is 14.7 Å². The average Bonchev–Trinajstić information content (AvgIpc) is 2.95. The van der Waals surface area contributed by atoms with Crippen molar-refractivity contribution in [1.29, 1.82) is 0 Å². The highest BCUT2D eigenvalue weighted by molar-refractivity contribution is 6.03. The number of ether oxygens (including phenoxy) is 1. The average molecular weight is 444 g/mol. The monoisotopic (exact) mass is 443 g/mol. The largest absolute Gasteiger partial charge is 0.475 e. The molecule has 3 N–H and O–H groups in total. The van der Waals surface area contributed by atoms with Crippen LogP contribution in [-0.2, 0) is 25.6 Å². The molecule has 3 unspecified atom stereocenters. The van der Waals surface area contributed by atoms with Gasteiger partial charge in [-0.3, -0.25) is 19.4 Å². The van der Waals surface area contributed by atoms with E-state index in [9.17, 15) is 9.59 Å². The Morgan fingerprint density at radius 2 is 2.03 bits per heavy atom. The summed E-state index contributed by atoms with van der Waals surface area (Å²) in [5, 5.41) is 12.2. The third-order valence-electron chi connectivity index (χ3n) is 5.86. The Morgan fingerprint density at radius 1 is 1.25 bits per heavy atom. The molecule has 0 bridgehead atoms. The lowest BCUT2D eigenvalue weighted by molar-refractivity contribution is -0.136. The van der Waals surface area contributed by atoms with Gasteiger partial charge in [-0.1, -0.05) is 29.8 Å². The number of aliphatic hydroxyl groups is 1. The SMILES string of the molecule is CN=C1NC(OC2=CC(=O)CCC2)C(Cc2ccc(C)cc2)CCC1C(=O)NOCCO. The van der Waals surface area contributed by atoms with E-state index in [1.54, 1.807) is 13.1 Å². The fraction of sp³-hybridized carbons (Fsp3) is 0.542. The van der Waals surface area contributed by atoms with E-state index in [2.05, 4.69) is 47.0 Å². The van der Waals surface area contributed by atoms with Gasteiger partial charge in [0.1, 0.15) is 11.6 Å². The number of aliphatic hydroxyl groups excluding tert-OH is 1. The van der Waals surface area contributed by atoms with E-state index in [1.807, 2.05) is 0 Å². The third-order valence-corrected chi connectivity index (χ3v) is 5.86. The van der Waals surface area contributed by atoms with Gasteiger partial charge in [0.15, 0.2) is 12.0 Å². The topological polar surface area (TPSA) is 109 Å². The highest BCUT2D eigenvalue weighted by Crippen LogP contribution is 2.29. The van der Waals surface area contributed by atoms with Gasteiger partial charge in [-0.2, -0.15) is 0 Å². The number of amidine groups is 1. The minimum Gasteiger partial charge on any atom is -0.475 e. The third kappa shape index (κ3) is 6.64. The van der Waals surface area contributed by atoms with Crippen molar-refractivity contribution in [3.8, 4) is 0 Å². The summed E-state index contributed by atoms with van der Waals surface area (Å²) in [6.07, 6.45) is 5.30. The van der Waals surface area contributed by atoms with Crippen molar-refractivity contribution < 1.29 is 24.3 Å². The molecular weight excluding hydrogens is 410 g/mol. The fourth-order valence-electron chi connectivity index (χ4n) is 4.13. The zero-order valence-corrected chi connectivity index (χ0v) is 18.8. The summed E-state index contributed by atoms with van der Waals surface area (Å²) in [6, 6.07) is 8.40. The van der Waals surface area contributed by atoms with Gasteiger partial charge in [-0.05, 0) is 38.2 Å². The molecule has 1 aliphatic heterocycles. The lowest BCUT2D eigenvalue weighted by atomic mass is 9.90. The number of hydrogen-bond acceptors (Lipinski definition) is 6. The van der Waals surface area contributed by atoms with Crippen LogP contribution in [0.15, 0.2) is 41.1 Å². The van der Waals surface area contributed by atoms with Crippen molar-refractivity contribution >= 4 is 17.5 Å². The number of carbonyl (C=O) groups excluding carboxylic acids is 2. The first-order valence-corrected chi connectivity index (χ1v) is 11.2. The number of hydrogen-bond donors (Lipinski definition) is 3. The van der Waals surface area contributed by atoms with Crippen LogP contribution >= 0.6 is 0 Å². The number of allylic oxidation sites excluding steroid dienone is 2. The lowest BCUT2D eigenvalue weighted by Gasteiger charge is -2.29. The van der Waals surface area contributed by atoms with Gasteiger partial charge in [0.05, 0.1) is 19.1 Å². The number of ketones is 1. The first kappa shape index (κ1) is 23.9. The normalized spacial score (nSPS) is 25.0. The maximum Gasteiger partial charge on any atom is 0.254 e. The molecule has 2 aliphatic rings. The molecule has 174 valence electrons. The van der Waals surface area contributed by atoms with Crippen LogP contribution in [0.4, 0.5) is 0 Å². The van der Waals surface area contributed by atoms with E-state index in [1.165, 1.54) is 11.1 Å². The van der Waals surface area contributed by atoms with Gasteiger partial charge in [-0.15, -0.1) is 0 Å². The number of carbonyl (C=O) groups is 2. The smallest absolute Gasteiger partial charge is 0.254 e. The molecule has 3 rings (SSSR count). The van der Waals surface area contributed by atoms with Crippen LogP contribution in [-0.4, -0.2) is 49.1 Å². The van der Waals surface area contributed by atoms with Crippen LogP contribution in [0.3, 0.4) is 0 Å². The second kappa shape index (κ2) is 11.8. The van der Waals surface area contributed by atoms with Gasteiger partial charge in [0, 0.05) is 31.9 Å². The molecule has 0 spiro atoms. The predicted molar refractivity (Wildman–Crippen MR) is 121 cm³/mol. The number of aryl methyl sites for hydroxylation is 1. The van der Waals surface area contributed by atoms with E-state index in [0.717, 1.165) is 25.7 Å². The summed E-state index contributed by atoms with van der Waals surface area (Å²) in [6.45, 7) is 1.90. The highest BCUT2D eigenvalue weighted by Gasteiger charge is 2.36.